The third kappa shape index (κ3) is 4.54. The number of nitro benzene ring substituents is 1. The molecular formula is C19H18N6O5S. The maximum Gasteiger partial charge on any atom is 0.323 e. The Balaban J connectivity index is 1.54. The van der Waals surface area contributed by atoms with E-state index in [0.29, 0.717) is 48.7 Å². The molecule has 0 saturated carbocycles. The van der Waals surface area contributed by atoms with E-state index in [-0.39, 0.29) is 22.1 Å². The number of hydrogen-bond donors (Lipinski definition) is 4. The van der Waals surface area contributed by atoms with Gasteiger partial charge >= 0.3 is 5.69 Å². The maximum absolute atomic E-state index is 12.9. The van der Waals surface area contributed by atoms with E-state index in [0.717, 1.165) is 0 Å². The molecule has 1 fully saturated rings. The van der Waals surface area contributed by atoms with Crippen LogP contribution in [0.1, 0.15) is 10.4 Å². The van der Waals surface area contributed by atoms with E-state index in [9.17, 15) is 19.7 Å². The number of aromatic nitrogens is 2. The molecule has 11 nitrogen and oxygen atoms in total. The van der Waals surface area contributed by atoms with Crippen LogP contribution in [0.5, 0.6) is 0 Å². The lowest BCUT2D eigenvalue weighted by atomic mass is 10.1. The molecule has 4 rings (SSSR count). The van der Waals surface area contributed by atoms with Crippen LogP contribution in [-0.4, -0.2) is 52.2 Å². The number of anilines is 2. The quantitative estimate of drug-likeness (QED) is 0.272. The first-order chi connectivity index (χ1) is 14.9. The summed E-state index contributed by atoms with van der Waals surface area (Å²) < 4.78 is 5.34. The lowest BCUT2D eigenvalue weighted by molar-refractivity contribution is -0.384. The monoisotopic (exact) mass is 442 g/mol. The van der Waals surface area contributed by atoms with Gasteiger partial charge in [-0.25, -0.2) is 4.79 Å². The second kappa shape index (κ2) is 8.53. The van der Waals surface area contributed by atoms with Crippen molar-refractivity contribution in [1.29, 1.82) is 0 Å². The molecule has 1 aliphatic rings. The number of amides is 1. The van der Waals surface area contributed by atoms with Crippen molar-refractivity contribution in [2.24, 2.45) is 0 Å². The Morgan fingerprint density at radius 1 is 1.13 bits per heavy atom. The van der Waals surface area contributed by atoms with Gasteiger partial charge in [0.15, 0.2) is 5.11 Å². The Hall–Kier alpha value is -3.77. The van der Waals surface area contributed by atoms with E-state index >= 15 is 0 Å². The fourth-order valence-electron chi connectivity index (χ4n) is 3.34. The number of nitrogens with one attached hydrogen (secondary N) is 4. The molecular weight excluding hydrogens is 424 g/mol. The molecule has 0 aliphatic carbocycles. The van der Waals surface area contributed by atoms with Gasteiger partial charge in [0.05, 0.1) is 40.4 Å². The van der Waals surface area contributed by atoms with Crippen LogP contribution in [0.2, 0.25) is 0 Å². The lowest BCUT2D eigenvalue weighted by Crippen LogP contribution is -2.39. The molecule has 2 heterocycles. The number of non-ortho nitro benzene ring substituents is 1. The molecule has 1 saturated heterocycles. The fraction of sp³-hybridized carbons (Fsp3) is 0.211. The van der Waals surface area contributed by atoms with Crippen LogP contribution in [0.15, 0.2) is 41.2 Å². The summed E-state index contributed by atoms with van der Waals surface area (Å²) in [6.45, 7) is 2.13. The largest absolute Gasteiger partial charge is 0.378 e. The third-order valence-corrected chi connectivity index (χ3v) is 4.99. The van der Waals surface area contributed by atoms with E-state index in [1.165, 1.54) is 12.1 Å². The maximum atomic E-state index is 12.9. The van der Waals surface area contributed by atoms with Crippen LogP contribution in [0.4, 0.5) is 17.1 Å². The molecule has 160 valence electrons. The first-order valence-electron chi connectivity index (χ1n) is 9.36. The van der Waals surface area contributed by atoms with Crippen LogP contribution < -0.4 is 21.2 Å². The first kappa shape index (κ1) is 20.5. The minimum Gasteiger partial charge on any atom is -0.378 e. The van der Waals surface area contributed by atoms with Gasteiger partial charge in [0.25, 0.3) is 11.6 Å². The number of benzene rings is 2. The molecule has 0 bridgehead atoms. The van der Waals surface area contributed by atoms with Crippen molar-refractivity contribution in [1.82, 2.24) is 15.3 Å². The van der Waals surface area contributed by atoms with E-state index in [4.69, 9.17) is 17.0 Å². The number of carbonyl (C=O) groups is 1. The minimum absolute atomic E-state index is 0.0154. The Morgan fingerprint density at radius 2 is 1.87 bits per heavy atom. The van der Waals surface area contributed by atoms with Crippen LogP contribution in [-0.2, 0) is 4.74 Å². The Labute approximate surface area is 180 Å². The zero-order chi connectivity index (χ0) is 22.0. The topological polar surface area (TPSA) is 145 Å². The van der Waals surface area contributed by atoms with Gasteiger partial charge in [-0.1, -0.05) is 0 Å². The van der Waals surface area contributed by atoms with Crippen molar-refractivity contribution in [3.63, 3.8) is 0 Å². The lowest BCUT2D eigenvalue weighted by Gasteiger charge is -2.30. The fourth-order valence-corrected chi connectivity index (χ4v) is 3.55. The number of imidazole rings is 1. The molecule has 0 unspecified atom stereocenters. The standard InChI is InChI=1S/C19H18N6O5S/c26-17(23-19(31)20-11-1-3-14-15(9-11)22-18(27)21-14)13-10-12(25(28)29)2-4-16(13)24-5-7-30-8-6-24/h1-4,9-10H,5-8H2,(H2,21,22,27)(H2,20,23,26,31). The van der Waals surface area contributed by atoms with Crippen molar-refractivity contribution in [3.05, 3.63) is 62.6 Å². The van der Waals surface area contributed by atoms with E-state index < -0.39 is 10.8 Å². The number of aromatic amines is 2. The van der Waals surface area contributed by atoms with Crippen LogP contribution in [0.3, 0.4) is 0 Å². The predicted molar refractivity (Wildman–Crippen MR) is 119 cm³/mol. The van der Waals surface area contributed by atoms with Crippen molar-refractivity contribution < 1.29 is 14.5 Å². The van der Waals surface area contributed by atoms with Crippen LogP contribution in [0, 0.1) is 10.1 Å². The van der Waals surface area contributed by atoms with Gasteiger partial charge in [-0.3, -0.25) is 20.2 Å². The number of nitrogens with zero attached hydrogens (tertiary/aromatic N) is 2. The Morgan fingerprint density at radius 3 is 2.61 bits per heavy atom. The number of H-pyrrole nitrogens is 2. The minimum atomic E-state index is -0.571. The molecule has 1 amide bonds. The molecule has 0 radical (unpaired) electrons. The average molecular weight is 442 g/mol. The highest BCUT2D eigenvalue weighted by Crippen LogP contribution is 2.26. The second-order valence-corrected chi connectivity index (χ2v) is 7.21. The summed E-state index contributed by atoms with van der Waals surface area (Å²) in [5, 5.41) is 16.7. The Bertz CT molecular complexity index is 1230. The molecule has 3 aromatic rings. The highest BCUT2D eigenvalue weighted by molar-refractivity contribution is 7.80. The highest BCUT2D eigenvalue weighted by atomic mass is 32.1. The molecule has 31 heavy (non-hydrogen) atoms. The van der Waals surface area contributed by atoms with Gasteiger partial charge in [-0.15, -0.1) is 0 Å². The molecule has 0 spiro atoms. The van der Waals surface area contributed by atoms with Crippen molar-refractivity contribution >= 4 is 51.3 Å². The van der Waals surface area contributed by atoms with Gasteiger partial charge in [-0.2, -0.15) is 0 Å². The highest BCUT2D eigenvalue weighted by Gasteiger charge is 2.22. The number of hydrogen-bond acceptors (Lipinski definition) is 7. The molecule has 4 N–H and O–H groups in total. The number of thiocarbonyl (C=S) groups is 1. The van der Waals surface area contributed by atoms with E-state index in [1.807, 2.05) is 4.90 Å². The smallest absolute Gasteiger partial charge is 0.323 e. The second-order valence-electron chi connectivity index (χ2n) is 6.81. The van der Waals surface area contributed by atoms with E-state index in [1.54, 1.807) is 24.3 Å². The van der Waals surface area contributed by atoms with Crippen LogP contribution >= 0.6 is 12.2 Å². The third-order valence-electron chi connectivity index (χ3n) is 4.79. The zero-order valence-electron chi connectivity index (χ0n) is 16.1. The Kier molecular flexibility index (Phi) is 5.64. The summed E-state index contributed by atoms with van der Waals surface area (Å²) in [6.07, 6.45) is 0. The molecule has 0 atom stereocenters. The van der Waals surface area contributed by atoms with Gasteiger partial charge < -0.3 is 24.9 Å². The number of nitro groups is 1. The van der Waals surface area contributed by atoms with Gasteiger partial charge in [0, 0.05) is 30.9 Å². The van der Waals surface area contributed by atoms with Crippen molar-refractivity contribution in [2.75, 3.05) is 36.5 Å². The summed E-state index contributed by atoms with van der Waals surface area (Å²) in [7, 11) is 0. The van der Waals surface area contributed by atoms with E-state index in [2.05, 4.69) is 20.6 Å². The number of ether oxygens (including phenoxy) is 1. The van der Waals surface area contributed by atoms with Crippen molar-refractivity contribution in [3.8, 4) is 0 Å². The van der Waals surface area contributed by atoms with Gasteiger partial charge in [-0.05, 0) is 36.5 Å². The summed E-state index contributed by atoms with van der Waals surface area (Å²) in [5.41, 5.74) is 1.97. The zero-order valence-corrected chi connectivity index (χ0v) is 17.0. The first-order valence-corrected chi connectivity index (χ1v) is 9.77. The predicted octanol–water partition coefficient (Wildman–Crippen LogP) is 1.73. The summed E-state index contributed by atoms with van der Waals surface area (Å²) >= 11 is 5.23. The normalized spacial score (nSPS) is 13.7. The molecule has 2 aromatic carbocycles. The van der Waals surface area contributed by atoms with Gasteiger partial charge in [0.1, 0.15) is 0 Å². The average Bonchev–Trinajstić information content (AvgIpc) is 3.13. The van der Waals surface area contributed by atoms with Gasteiger partial charge in [0.2, 0.25) is 0 Å². The number of fused-ring (bicyclic) bond motifs is 1. The molecule has 1 aromatic heterocycles. The summed E-state index contributed by atoms with van der Waals surface area (Å²) in [5.74, 6) is -0.571. The summed E-state index contributed by atoms with van der Waals surface area (Å²) in [6, 6.07) is 9.21. The van der Waals surface area contributed by atoms with Crippen LogP contribution in [0.25, 0.3) is 11.0 Å². The number of morpholine rings is 1. The number of rotatable bonds is 4. The SMILES string of the molecule is O=C(NC(=S)Nc1ccc2[nH]c(=O)[nH]c2c1)c1cc([N+](=O)[O-])ccc1N1CCOCC1. The molecule has 12 heteroatoms. The number of carbonyl (C=O) groups excluding carboxylic acids is 1. The van der Waals surface area contributed by atoms with Crippen molar-refractivity contribution in [2.45, 2.75) is 0 Å². The molecule has 1 aliphatic heterocycles. The summed E-state index contributed by atoms with van der Waals surface area (Å²) in [4.78, 5) is 42.2.